The number of rotatable bonds is 7. The van der Waals surface area contributed by atoms with Gasteiger partial charge in [0.05, 0.1) is 11.5 Å². The van der Waals surface area contributed by atoms with Crippen LogP contribution in [0.2, 0.25) is 0 Å². The topological polar surface area (TPSA) is 52.4 Å². The molecular weight excluding hydrogens is 182 g/mol. The lowest BCUT2D eigenvalue weighted by molar-refractivity contribution is -0.418. The molecule has 0 radical (unpaired) electrons. The van der Waals surface area contributed by atoms with Crippen LogP contribution in [0.25, 0.3) is 0 Å². The second-order valence-corrected chi connectivity index (χ2v) is 2.47. The number of nitro groups is 1. The minimum atomic E-state index is -0.576. The van der Waals surface area contributed by atoms with Crippen LogP contribution in [0.15, 0.2) is 49.4 Å². The van der Waals surface area contributed by atoms with Crippen molar-refractivity contribution >= 4 is 0 Å². The summed E-state index contributed by atoms with van der Waals surface area (Å²) in [7, 11) is 0. The third-order valence-corrected chi connectivity index (χ3v) is 1.31. The Kier molecular flexibility index (Phi) is 5.78. The Bertz CT molecular complexity index is 279. The summed E-state index contributed by atoms with van der Waals surface area (Å²) in [5, 5.41) is 10.1. The number of hydrogen-bond acceptors (Lipinski definition) is 3. The molecule has 0 aromatic carbocycles. The van der Waals surface area contributed by atoms with E-state index in [4.69, 9.17) is 4.74 Å². The molecule has 0 unspecified atom stereocenters. The zero-order chi connectivity index (χ0) is 11.0. The summed E-state index contributed by atoms with van der Waals surface area (Å²) in [6.45, 7) is 10.8. The molecule has 0 aliphatic heterocycles. The fraction of sp³-hybridized carbons (Fsp3) is 0.200. The van der Waals surface area contributed by atoms with Crippen LogP contribution in [0.4, 0.5) is 0 Å². The van der Waals surface area contributed by atoms with E-state index < -0.39 is 4.92 Å². The van der Waals surface area contributed by atoms with E-state index in [0.717, 1.165) is 0 Å². The lowest BCUT2D eigenvalue weighted by Gasteiger charge is -2.01. The lowest BCUT2D eigenvalue weighted by atomic mass is 10.4. The fourth-order valence-electron chi connectivity index (χ4n) is 0.571. The van der Waals surface area contributed by atoms with Gasteiger partial charge in [0.15, 0.2) is 0 Å². The molecule has 0 bridgehead atoms. The molecule has 0 rings (SSSR count). The van der Waals surface area contributed by atoms with Crippen LogP contribution in [0.1, 0.15) is 6.42 Å². The summed E-state index contributed by atoms with van der Waals surface area (Å²) >= 11 is 0. The molecule has 0 amide bonds. The molecule has 0 aromatic heterocycles. The highest BCUT2D eigenvalue weighted by molar-refractivity contribution is 5.16. The van der Waals surface area contributed by atoms with Crippen LogP contribution in [0, 0.1) is 10.1 Å². The molecule has 0 saturated carbocycles. The van der Waals surface area contributed by atoms with Crippen molar-refractivity contribution in [2.45, 2.75) is 6.42 Å². The van der Waals surface area contributed by atoms with E-state index in [1.165, 1.54) is 12.2 Å². The first-order valence-electron chi connectivity index (χ1n) is 4.02. The van der Waals surface area contributed by atoms with E-state index in [-0.39, 0.29) is 5.70 Å². The van der Waals surface area contributed by atoms with E-state index in [1.54, 1.807) is 6.08 Å². The van der Waals surface area contributed by atoms with E-state index in [2.05, 4.69) is 19.7 Å². The Morgan fingerprint density at radius 1 is 1.43 bits per heavy atom. The Morgan fingerprint density at radius 3 is 2.57 bits per heavy atom. The van der Waals surface area contributed by atoms with Gasteiger partial charge in [-0.05, 0) is 19.1 Å². The highest BCUT2D eigenvalue weighted by Gasteiger charge is 1.99. The normalized spacial score (nSPS) is 9.71. The third-order valence-electron chi connectivity index (χ3n) is 1.31. The van der Waals surface area contributed by atoms with Gasteiger partial charge < -0.3 is 4.74 Å². The molecule has 0 N–H and O–H groups in total. The maximum absolute atomic E-state index is 10.1. The summed E-state index contributed by atoms with van der Waals surface area (Å²) < 4.78 is 5.10. The Balaban J connectivity index is 3.87. The lowest BCUT2D eigenvalue weighted by Crippen LogP contribution is -1.94. The Labute approximate surface area is 83.0 Å². The van der Waals surface area contributed by atoms with Crippen LogP contribution in [0.3, 0.4) is 0 Å². The van der Waals surface area contributed by atoms with Crippen molar-refractivity contribution in [1.29, 1.82) is 0 Å². The molecule has 0 atom stereocenters. The largest absolute Gasteiger partial charge is 0.494 e. The van der Waals surface area contributed by atoms with E-state index in [9.17, 15) is 10.1 Å². The Morgan fingerprint density at radius 2 is 2.07 bits per heavy atom. The zero-order valence-electron chi connectivity index (χ0n) is 7.94. The second-order valence-electron chi connectivity index (χ2n) is 2.47. The summed E-state index contributed by atoms with van der Waals surface area (Å²) in [4.78, 5) is 9.57. The maximum Gasteiger partial charge on any atom is 0.262 e. The summed E-state index contributed by atoms with van der Waals surface area (Å²) in [5.41, 5.74) is -0.196. The SMILES string of the molecule is C=CCCOC(=C)/C=C\C(=C)[N+](=O)[O-]. The second kappa shape index (κ2) is 6.65. The van der Waals surface area contributed by atoms with Crippen molar-refractivity contribution in [2.24, 2.45) is 0 Å². The highest BCUT2D eigenvalue weighted by Crippen LogP contribution is 2.01. The molecule has 4 heteroatoms. The predicted octanol–water partition coefficient (Wildman–Crippen LogP) is 2.44. The zero-order valence-corrected chi connectivity index (χ0v) is 7.94. The molecule has 76 valence electrons. The van der Waals surface area contributed by atoms with Gasteiger partial charge in [-0.25, -0.2) is 0 Å². The molecule has 0 aromatic rings. The van der Waals surface area contributed by atoms with Gasteiger partial charge >= 0.3 is 0 Å². The quantitative estimate of drug-likeness (QED) is 0.156. The van der Waals surface area contributed by atoms with E-state index >= 15 is 0 Å². The fourth-order valence-corrected chi connectivity index (χ4v) is 0.571. The number of ether oxygens (including phenoxy) is 1. The first-order chi connectivity index (χ1) is 6.57. The number of allylic oxidation sites excluding steroid dienone is 2. The van der Waals surface area contributed by atoms with Crippen LogP contribution < -0.4 is 0 Å². The summed E-state index contributed by atoms with van der Waals surface area (Å²) in [6, 6.07) is 0. The summed E-state index contributed by atoms with van der Waals surface area (Å²) in [5.74, 6) is 0.370. The molecule has 4 nitrogen and oxygen atoms in total. The van der Waals surface area contributed by atoms with Crippen molar-refractivity contribution in [3.8, 4) is 0 Å². The first-order valence-corrected chi connectivity index (χ1v) is 4.02. The highest BCUT2D eigenvalue weighted by atomic mass is 16.6. The smallest absolute Gasteiger partial charge is 0.262 e. The van der Waals surface area contributed by atoms with Gasteiger partial charge in [0.25, 0.3) is 5.70 Å². The van der Waals surface area contributed by atoms with Crippen LogP contribution >= 0.6 is 0 Å². The van der Waals surface area contributed by atoms with Gasteiger partial charge in [-0.2, -0.15) is 0 Å². The maximum atomic E-state index is 10.1. The minimum absolute atomic E-state index is 0.196. The standard InChI is InChI=1S/C10H13NO3/c1-4-5-8-14-10(3)7-6-9(2)11(12)13/h4,6-7H,1-3,5,8H2/b7-6-. The molecule has 0 aliphatic carbocycles. The van der Waals surface area contributed by atoms with Gasteiger partial charge in [-0.3, -0.25) is 10.1 Å². The van der Waals surface area contributed by atoms with Crippen LogP contribution in [-0.4, -0.2) is 11.5 Å². The molecular formula is C10H13NO3. The van der Waals surface area contributed by atoms with E-state index in [1.807, 2.05) is 0 Å². The van der Waals surface area contributed by atoms with Gasteiger partial charge in [-0.15, -0.1) is 6.58 Å². The monoisotopic (exact) mass is 195 g/mol. The molecule has 0 heterocycles. The van der Waals surface area contributed by atoms with Gasteiger partial charge in [-0.1, -0.05) is 12.7 Å². The van der Waals surface area contributed by atoms with Gasteiger partial charge in [0, 0.05) is 6.08 Å². The molecule has 0 aliphatic rings. The van der Waals surface area contributed by atoms with Crippen LogP contribution in [-0.2, 0) is 4.74 Å². The first kappa shape index (κ1) is 12.2. The van der Waals surface area contributed by atoms with Crippen LogP contribution in [0.5, 0.6) is 0 Å². The van der Waals surface area contributed by atoms with Crippen molar-refractivity contribution < 1.29 is 9.66 Å². The van der Waals surface area contributed by atoms with Gasteiger partial charge in [0.2, 0.25) is 0 Å². The Hall–Kier alpha value is -1.84. The molecule has 0 saturated heterocycles. The minimum Gasteiger partial charge on any atom is -0.494 e. The average Bonchev–Trinajstić information content (AvgIpc) is 2.14. The van der Waals surface area contributed by atoms with Crippen molar-refractivity contribution in [3.63, 3.8) is 0 Å². The van der Waals surface area contributed by atoms with Gasteiger partial charge in [0.1, 0.15) is 5.76 Å². The average molecular weight is 195 g/mol. The van der Waals surface area contributed by atoms with Crippen molar-refractivity contribution in [1.82, 2.24) is 0 Å². The van der Waals surface area contributed by atoms with E-state index in [0.29, 0.717) is 18.8 Å². The molecule has 0 fully saturated rings. The third kappa shape index (κ3) is 5.77. The van der Waals surface area contributed by atoms with Crippen molar-refractivity contribution in [3.05, 3.63) is 59.5 Å². The summed E-state index contributed by atoms with van der Waals surface area (Å²) in [6.07, 6.45) is 5.08. The number of hydrogen-bond donors (Lipinski definition) is 0. The van der Waals surface area contributed by atoms with Crippen molar-refractivity contribution in [2.75, 3.05) is 6.61 Å². The predicted molar refractivity (Wildman–Crippen MR) is 55.2 cm³/mol. The molecule has 0 spiro atoms. The molecule has 14 heavy (non-hydrogen) atoms. The number of nitrogens with zero attached hydrogens (tertiary/aromatic N) is 1.